The third-order valence-electron chi connectivity index (χ3n) is 5.65. The summed E-state index contributed by atoms with van der Waals surface area (Å²) in [6.07, 6.45) is 1.16. The average molecular weight is 542 g/mol. The van der Waals surface area contributed by atoms with Crippen LogP contribution in [0.25, 0.3) is 0 Å². The molecule has 1 atom stereocenters. The molecule has 1 unspecified atom stereocenters. The van der Waals surface area contributed by atoms with Crippen molar-refractivity contribution >= 4 is 35.0 Å². The molecule has 0 saturated carbocycles. The van der Waals surface area contributed by atoms with Crippen LogP contribution in [0.5, 0.6) is 5.75 Å². The van der Waals surface area contributed by atoms with Crippen LogP contribution in [0.4, 0.5) is 0 Å². The highest BCUT2D eigenvalue weighted by atomic mass is 35.5. The number of ether oxygens (including phenoxy) is 1. The van der Waals surface area contributed by atoms with Gasteiger partial charge in [-0.15, -0.1) is 0 Å². The predicted molar refractivity (Wildman–Crippen MR) is 150 cm³/mol. The molecule has 0 spiro atoms. The molecule has 1 N–H and O–H groups in total. The molecule has 3 aromatic carbocycles. The van der Waals surface area contributed by atoms with Gasteiger partial charge in [-0.05, 0) is 74.7 Å². The number of rotatable bonds is 11. The van der Waals surface area contributed by atoms with Gasteiger partial charge in [-0.2, -0.15) is 0 Å². The molecule has 0 heterocycles. The fourth-order valence-electron chi connectivity index (χ4n) is 3.88. The van der Waals surface area contributed by atoms with Gasteiger partial charge in [-0.3, -0.25) is 9.59 Å². The Bertz CT molecular complexity index is 1140. The van der Waals surface area contributed by atoms with Gasteiger partial charge in [0.05, 0.1) is 6.61 Å². The van der Waals surface area contributed by atoms with E-state index in [2.05, 4.69) is 5.32 Å². The molecule has 0 aliphatic carbocycles. The molecule has 2 amide bonds. The van der Waals surface area contributed by atoms with E-state index in [1.807, 2.05) is 63.2 Å². The monoisotopic (exact) mass is 540 g/mol. The summed E-state index contributed by atoms with van der Waals surface area (Å²) in [6.45, 7) is 6.47. The van der Waals surface area contributed by atoms with E-state index in [-0.39, 0.29) is 18.2 Å². The molecular weight excluding hydrogens is 507 g/mol. The fourth-order valence-corrected chi connectivity index (χ4v) is 4.13. The van der Waals surface area contributed by atoms with Gasteiger partial charge in [0.2, 0.25) is 11.8 Å². The van der Waals surface area contributed by atoms with Crippen LogP contribution in [0.1, 0.15) is 44.7 Å². The molecular formula is C30H34Cl2N2O3. The molecule has 5 nitrogen and oxygen atoms in total. The van der Waals surface area contributed by atoms with Crippen molar-refractivity contribution in [2.75, 3.05) is 6.61 Å². The van der Waals surface area contributed by atoms with Crippen LogP contribution in [0.3, 0.4) is 0 Å². The minimum absolute atomic E-state index is 0.111. The Morgan fingerprint density at radius 1 is 0.865 bits per heavy atom. The minimum atomic E-state index is -0.679. The lowest BCUT2D eigenvalue weighted by molar-refractivity contribution is -0.142. The summed E-state index contributed by atoms with van der Waals surface area (Å²) < 4.78 is 5.77. The Balaban J connectivity index is 1.80. The van der Waals surface area contributed by atoms with Gasteiger partial charge in [-0.1, -0.05) is 65.7 Å². The van der Waals surface area contributed by atoms with Gasteiger partial charge in [0.25, 0.3) is 0 Å². The first-order chi connectivity index (χ1) is 17.6. The number of benzene rings is 3. The molecule has 0 aliphatic heterocycles. The Hall–Kier alpha value is -3.02. The maximum absolute atomic E-state index is 13.6. The fraction of sp³-hybridized carbons (Fsp3) is 0.333. The van der Waals surface area contributed by atoms with E-state index in [1.165, 1.54) is 0 Å². The largest absolute Gasteiger partial charge is 0.494 e. The minimum Gasteiger partial charge on any atom is -0.494 e. The molecule has 0 bridgehead atoms. The van der Waals surface area contributed by atoms with Crippen molar-refractivity contribution in [1.82, 2.24) is 10.2 Å². The summed E-state index contributed by atoms with van der Waals surface area (Å²) in [6, 6.07) is 23.5. The molecule has 0 saturated heterocycles. The SMILES string of the molecule is CC(C)(C)NC(=O)C(Cc1ccccc1)N(Cc1ccc(Cl)cc1)C(=O)CCCOc1ccc(Cl)cc1. The van der Waals surface area contributed by atoms with Gasteiger partial charge in [0.1, 0.15) is 11.8 Å². The second kappa shape index (κ2) is 13.5. The van der Waals surface area contributed by atoms with Crippen LogP contribution in [-0.4, -0.2) is 34.9 Å². The van der Waals surface area contributed by atoms with Crippen molar-refractivity contribution in [2.45, 2.75) is 58.2 Å². The van der Waals surface area contributed by atoms with Crippen LogP contribution < -0.4 is 10.1 Å². The van der Waals surface area contributed by atoms with E-state index >= 15 is 0 Å². The Labute approximate surface area is 229 Å². The summed E-state index contributed by atoms with van der Waals surface area (Å²) in [4.78, 5) is 28.8. The van der Waals surface area contributed by atoms with Crippen LogP contribution in [0.2, 0.25) is 10.0 Å². The third-order valence-corrected chi connectivity index (χ3v) is 6.16. The third kappa shape index (κ3) is 9.75. The van der Waals surface area contributed by atoms with Crippen molar-refractivity contribution in [2.24, 2.45) is 0 Å². The number of carbonyl (C=O) groups excluding carboxylic acids is 2. The number of nitrogens with zero attached hydrogens (tertiary/aromatic N) is 1. The molecule has 37 heavy (non-hydrogen) atoms. The molecule has 0 fully saturated rings. The van der Waals surface area contributed by atoms with Gasteiger partial charge in [-0.25, -0.2) is 0 Å². The number of hydrogen-bond acceptors (Lipinski definition) is 3. The second-order valence-corrected chi connectivity index (χ2v) is 10.9. The number of nitrogens with one attached hydrogen (secondary N) is 1. The zero-order valence-electron chi connectivity index (χ0n) is 21.5. The molecule has 3 rings (SSSR count). The predicted octanol–water partition coefficient (Wildman–Crippen LogP) is 6.71. The van der Waals surface area contributed by atoms with Crippen molar-refractivity contribution in [3.05, 3.63) is 100 Å². The van der Waals surface area contributed by atoms with Crippen LogP contribution in [-0.2, 0) is 22.6 Å². The average Bonchev–Trinajstić information content (AvgIpc) is 2.85. The lowest BCUT2D eigenvalue weighted by Crippen LogP contribution is -2.54. The van der Waals surface area contributed by atoms with E-state index < -0.39 is 11.6 Å². The maximum Gasteiger partial charge on any atom is 0.243 e. The van der Waals surface area contributed by atoms with Crippen LogP contribution in [0.15, 0.2) is 78.9 Å². The highest BCUT2D eigenvalue weighted by Crippen LogP contribution is 2.20. The second-order valence-electron chi connectivity index (χ2n) is 10.00. The first kappa shape index (κ1) is 28.5. The lowest BCUT2D eigenvalue weighted by Gasteiger charge is -2.34. The molecule has 7 heteroatoms. The van der Waals surface area contributed by atoms with E-state index in [0.29, 0.717) is 41.8 Å². The number of carbonyl (C=O) groups is 2. The van der Waals surface area contributed by atoms with E-state index in [0.717, 1.165) is 11.1 Å². The molecule has 0 aromatic heterocycles. The summed E-state index contributed by atoms with van der Waals surface area (Å²) in [5.74, 6) is 0.400. The van der Waals surface area contributed by atoms with Gasteiger partial charge < -0.3 is 15.0 Å². The normalized spacial score (nSPS) is 12.0. The number of amides is 2. The lowest BCUT2D eigenvalue weighted by atomic mass is 10.00. The molecule has 3 aromatic rings. The van der Waals surface area contributed by atoms with E-state index in [9.17, 15) is 9.59 Å². The summed E-state index contributed by atoms with van der Waals surface area (Å²) in [5, 5.41) is 4.33. The highest BCUT2D eigenvalue weighted by molar-refractivity contribution is 6.30. The number of halogens is 2. The summed E-state index contributed by atoms with van der Waals surface area (Å²) in [7, 11) is 0. The Morgan fingerprint density at radius 2 is 1.46 bits per heavy atom. The maximum atomic E-state index is 13.6. The van der Waals surface area contributed by atoms with Crippen LogP contribution in [0, 0.1) is 0 Å². The Kier molecular flexibility index (Phi) is 10.4. The van der Waals surface area contributed by atoms with Crippen molar-refractivity contribution in [3.63, 3.8) is 0 Å². The van der Waals surface area contributed by atoms with Gasteiger partial charge >= 0.3 is 0 Å². The quantitative estimate of drug-likeness (QED) is 0.275. The van der Waals surface area contributed by atoms with Gasteiger partial charge in [0, 0.05) is 35.0 Å². The zero-order chi connectivity index (χ0) is 26.8. The Morgan fingerprint density at radius 3 is 2.05 bits per heavy atom. The summed E-state index contributed by atoms with van der Waals surface area (Å²) >= 11 is 12.0. The van der Waals surface area contributed by atoms with Crippen molar-refractivity contribution in [1.29, 1.82) is 0 Å². The summed E-state index contributed by atoms with van der Waals surface area (Å²) in [5.41, 5.74) is 1.45. The van der Waals surface area contributed by atoms with E-state index in [4.69, 9.17) is 27.9 Å². The van der Waals surface area contributed by atoms with Crippen molar-refractivity contribution < 1.29 is 14.3 Å². The van der Waals surface area contributed by atoms with E-state index in [1.54, 1.807) is 41.3 Å². The van der Waals surface area contributed by atoms with Crippen molar-refractivity contribution in [3.8, 4) is 5.75 Å². The van der Waals surface area contributed by atoms with Gasteiger partial charge in [0.15, 0.2) is 0 Å². The number of hydrogen-bond donors (Lipinski definition) is 1. The first-order valence-electron chi connectivity index (χ1n) is 12.4. The molecule has 0 aliphatic rings. The zero-order valence-corrected chi connectivity index (χ0v) is 23.1. The topological polar surface area (TPSA) is 58.6 Å². The molecule has 196 valence electrons. The van der Waals surface area contributed by atoms with Crippen LogP contribution >= 0.6 is 23.2 Å². The smallest absolute Gasteiger partial charge is 0.243 e. The highest BCUT2D eigenvalue weighted by Gasteiger charge is 2.32. The standard InChI is InChI=1S/C30H34Cl2N2O3/c1-30(2,3)33-29(36)27(20-22-8-5-4-6-9-22)34(21-23-11-13-24(31)14-12-23)28(35)10-7-19-37-26-17-15-25(32)16-18-26/h4-6,8-9,11-18,27H,7,10,19-21H2,1-3H3,(H,33,36). The first-order valence-corrected chi connectivity index (χ1v) is 13.1. The molecule has 0 radical (unpaired) electrons.